The standard InChI is InChI=1S/C7H15NO3.Ag/c1-5(9)6(10)11-8-7(2,3)4;/h5,8-9H,1-4H3;. The first kappa shape index (κ1) is 14.6. The minimum atomic E-state index is -1.08. The first-order chi connectivity index (χ1) is 4.83. The number of carbonyl (C=O) groups is 1. The maximum atomic E-state index is 10.7. The summed E-state index contributed by atoms with van der Waals surface area (Å²) in [6, 6.07) is 0. The van der Waals surface area contributed by atoms with E-state index in [0.717, 1.165) is 0 Å². The fourth-order valence-corrected chi connectivity index (χ4v) is 0.289. The summed E-state index contributed by atoms with van der Waals surface area (Å²) >= 11 is 0. The first-order valence-corrected chi connectivity index (χ1v) is 3.49. The maximum absolute atomic E-state index is 10.7. The van der Waals surface area contributed by atoms with Crippen molar-refractivity contribution in [3.8, 4) is 0 Å². The molecular weight excluding hydrogens is 254 g/mol. The number of hydrogen-bond acceptors (Lipinski definition) is 4. The molecule has 1 radical (unpaired) electrons. The molecule has 1 unspecified atom stereocenters. The van der Waals surface area contributed by atoms with E-state index in [2.05, 4.69) is 10.3 Å². The Kier molecular flexibility index (Phi) is 6.98. The third-order valence-corrected chi connectivity index (χ3v) is 0.799. The van der Waals surface area contributed by atoms with E-state index >= 15 is 0 Å². The summed E-state index contributed by atoms with van der Waals surface area (Å²) < 4.78 is 0. The van der Waals surface area contributed by atoms with Gasteiger partial charge in [-0.25, -0.2) is 4.79 Å². The summed E-state index contributed by atoms with van der Waals surface area (Å²) in [5.41, 5.74) is 2.21. The second-order valence-electron chi connectivity index (χ2n) is 3.45. The molecule has 0 aromatic carbocycles. The zero-order chi connectivity index (χ0) is 9.07. The van der Waals surface area contributed by atoms with E-state index in [1.54, 1.807) is 0 Å². The van der Waals surface area contributed by atoms with Gasteiger partial charge in [-0.15, -0.1) is 5.48 Å². The second-order valence-corrected chi connectivity index (χ2v) is 3.45. The normalized spacial score (nSPS) is 13.1. The van der Waals surface area contributed by atoms with Crippen LogP contribution in [-0.2, 0) is 32.0 Å². The predicted octanol–water partition coefficient (Wildman–Crippen LogP) is 0.211. The minimum absolute atomic E-state index is 0. The molecule has 5 heteroatoms. The van der Waals surface area contributed by atoms with Gasteiger partial charge in [0.2, 0.25) is 0 Å². The number of rotatable bonds is 2. The number of carbonyl (C=O) groups excluding carboxylic acids is 1. The Balaban J connectivity index is 0. The summed E-state index contributed by atoms with van der Waals surface area (Å²) in [7, 11) is 0. The first-order valence-electron chi connectivity index (χ1n) is 3.49. The van der Waals surface area contributed by atoms with Crippen LogP contribution in [0.1, 0.15) is 27.7 Å². The zero-order valence-electron chi connectivity index (χ0n) is 7.64. The Hall–Kier alpha value is 0.130. The van der Waals surface area contributed by atoms with Crippen molar-refractivity contribution in [1.29, 1.82) is 0 Å². The largest absolute Gasteiger partial charge is 0.382 e. The molecular formula is C7H15AgNO3. The van der Waals surface area contributed by atoms with Crippen LogP contribution in [-0.4, -0.2) is 22.7 Å². The van der Waals surface area contributed by atoms with Crippen LogP contribution >= 0.6 is 0 Å². The molecule has 77 valence electrons. The van der Waals surface area contributed by atoms with Gasteiger partial charge < -0.3 is 9.94 Å². The summed E-state index contributed by atoms with van der Waals surface area (Å²) in [5.74, 6) is -0.667. The van der Waals surface area contributed by atoms with Crippen molar-refractivity contribution in [2.45, 2.75) is 39.3 Å². The van der Waals surface area contributed by atoms with Gasteiger partial charge in [-0.1, -0.05) is 0 Å². The Bertz CT molecular complexity index is 142. The zero-order valence-corrected chi connectivity index (χ0v) is 9.12. The number of hydrogen-bond donors (Lipinski definition) is 2. The van der Waals surface area contributed by atoms with E-state index in [9.17, 15) is 4.79 Å². The predicted molar refractivity (Wildman–Crippen MR) is 40.7 cm³/mol. The van der Waals surface area contributed by atoms with Crippen LogP contribution in [0.25, 0.3) is 0 Å². The van der Waals surface area contributed by atoms with Gasteiger partial charge in [0.15, 0.2) is 6.10 Å². The van der Waals surface area contributed by atoms with Crippen molar-refractivity contribution in [1.82, 2.24) is 5.48 Å². The third kappa shape index (κ3) is 8.23. The van der Waals surface area contributed by atoms with Crippen LogP contribution in [0.5, 0.6) is 0 Å². The van der Waals surface area contributed by atoms with Gasteiger partial charge in [-0.05, 0) is 27.7 Å². The Labute approximate surface area is 88.1 Å². The number of hydroxylamine groups is 1. The number of aliphatic hydroxyl groups excluding tert-OH is 1. The molecule has 0 aliphatic rings. The van der Waals surface area contributed by atoms with Gasteiger partial charge in [0.1, 0.15) is 0 Å². The van der Waals surface area contributed by atoms with E-state index in [0.29, 0.717) is 0 Å². The molecule has 0 heterocycles. The van der Waals surface area contributed by atoms with E-state index < -0.39 is 12.1 Å². The number of nitrogens with one attached hydrogen (secondary N) is 1. The van der Waals surface area contributed by atoms with E-state index in [4.69, 9.17) is 5.11 Å². The molecule has 0 aromatic heterocycles. The topological polar surface area (TPSA) is 58.6 Å². The number of aliphatic hydroxyl groups is 1. The van der Waals surface area contributed by atoms with Gasteiger partial charge in [0.25, 0.3) is 0 Å². The Morgan fingerprint density at radius 3 is 2.17 bits per heavy atom. The Morgan fingerprint density at radius 2 is 1.92 bits per heavy atom. The van der Waals surface area contributed by atoms with Crippen LogP contribution in [0.3, 0.4) is 0 Å². The molecule has 0 saturated carbocycles. The monoisotopic (exact) mass is 268 g/mol. The van der Waals surface area contributed by atoms with Crippen LogP contribution in [0.2, 0.25) is 0 Å². The molecule has 0 saturated heterocycles. The van der Waals surface area contributed by atoms with E-state index in [-0.39, 0.29) is 27.9 Å². The smallest absolute Gasteiger partial charge is 0.353 e. The molecule has 1 atom stereocenters. The van der Waals surface area contributed by atoms with Gasteiger partial charge >= 0.3 is 5.97 Å². The van der Waals surface area contributed by atoms with Crippen LogP contribution in [0, 0.1) is 0 Å². The van der Waals surface area contributed by atoms with Crippen molar-refractivity contribution in [2.75, 3.05) is 0 Å². The van der Waals surface area contributed by atoms with Crippen LogP contribution < -0.4 is 5.48 Å². The quantitative estimate of drug-likeness (QED) is 0.556. The molecule has 0 aromatic rings. The van der Waals surface area contributed by atoms with Crippen molar-refractivity contribution >= 4 is 5.97 Å². The van der Waals surface area contributed by atoms with Gasteiger partial charge in [0.05, 0.1) is 0 Å². The van der Waals surface area contributed by atoms with Gasteiger partial charge in [0, 0.05) is 27.9 Å². The molecule has 0 spiro atoms. The molecule has 0 amide bonds. The fourth-order valence-electron chi connectivity index (χ4n) is 0.289. The average Bonchev–Trinajstić information content (AvgIpc) is 1.80. The summed E-state index contributed by atoms with van der Waals surface area (Å²) in [4.78, 5) is 15.2. The molecule has 4 nitrogen and oxygen atoms in total. The maximum Gasteiger partial charge on any atom is 0.353 e. The van der Waals surface area contributed by atoms with Crippen molar-refractivity contribution < 1.29 is 37.1 Å². The second kappa shape index (κ2) is 5.72. The van der Waals surface area contributed by atoms with Crippen molar-refractivity contribution in [3.63, 3.8) is 0 Å². The van der Waals surface area contributed by atoms with E-state index in [1.807, 2.05) is 20.8 Å². The summed E-state index contributed by atoms with van der Waals surface area (Å²) in [5, 5.41) is 8.70. The molecule has 2 N–H and O–H groups in total. The fraction of sp³-hybridized carbons (Fsp3) is 0.857. The van der Waals surface area contributed by atoms with Crippen LogP contribution in [0.15, 0.2) is 0 Å². The van der Waals surface area contributed by atoms with Crippen molar-refractivity contribution in [2.24, 2.45) is 0 Å². The van der Waals surface area contributed by atoms with E-state index in [1.165, 1.54) is 6.92 Å². The minimum Gasteiger partial charge on any atom is -0.382 e. The molecule has 0 aliphatic heterocycles. The van der Waals surface area contributed by atoms with Crippen molar-refractivity contribution in [3.05, 3.63) is 0 Å². The average molecular weight is 269 g/mol. The Morgan fingerprint density at radius 1 is 1.50 bits per heavy atom. The molecule has 12 heavy (non-hydrogen) atoms. The summed E-state index contributed by atoms with van der Waals surface area (Å²) in [6.45, 7) is 6.90. The third-order valence-electron chi connectivity index (χ3n) is 0.799. The van der Waals surface area contributed by atoms with Gasteiger partial charge in [-0.3, -0.25) is 0 Å². The molecule has 0 fully saturated rings. The van der Waals surface area contributed by atoms with Gasteiger partial charge in [-0.2, -0.15) is 0 Å². The molecule has 0 rings (SSSR count). The SMILES string of the molecule is CC(O)C(=O)ONC(C)(C)C.[Ag]. The molecule has 0 aliphatic carbocycles. The molecule has 0 bridgehead atoms. The summed E-state index contributed by atoms with van der Waals surface area (Å²) in [6.07, 6.45) is -1.08. The van der Waals surface area contributed by atoms with Crippen LogP contribution in [0.4, 0.5) is 0 Å².